The van der Waals surface area contributed by atoms with Crippen LogP contribution in [-0.4, -0.2) is 15.8 Å². The molecule has 2 rings (SSSR count). The molecule has 1 aliphatic carbocycles. The summed E-state index contributed by atoms with van der Waals surface area (Å²) in [6.45, 7) is 8.42. The van der Waals surface area contributed by atoms with Gasteiger partial charge in [0, 0.05) is 19.1 Å². The smallest absolute Gasteiger partial charge is 0.0597 e. The highest BCUT2D eigenvalue weighted by Gasteiger charge is 2.24. The molecule has 96 valence electrons. The summed E-state index contributed by atoms with van der Waals surface area (Å²) in [6, 6.07) is 2.88. The maximum absolute atomic E-state index is 4.48. The molecule has 0 spiro atoms. The lowest BCUT2D eigenvalue weighted by atomic mass is 10.1. The first-order chi connectivity index (χ1) is 8.22. The highest BCUT2D eigenvalue weighted by molar-refractivity contribution is 5.08. The lowest BCUT2D eigenvalue weighted by Gasteiger charge is -2.16. The Morgan fingerprint density at radius 3 is 2.82 bits per heavy atom. The van der Waals surface area contributed by atoms with E-state index in [1.165, 1.54) is 31.4 Å². The SMILES string of the molecule is CCC(CC1CC1)NCc1cc(C)nn1CC. The molecule has 0 amide bonds. The van der Waals surface area contributed by atoms with Crippen LogP contribution in [0.3, 0.4) is 0 Å². The molecule has 17 heavy (non-hydrogen) atoms. The number of nitrogens with one attached hydrogen (secondary N) is 1. The zero-order chi connectivity index (χ0) is 12.3. The van der Waals surface area contributed by atoms with Crippen molar-refractivity contribution < 1.29 is 0 Å². The highest BCUT2D eigenvalue weighted by Crippen LogP contribution is 2.34. The molecule has 1 aromatic heterocycles. The van der Waals surface area contributed by atoms with Crippen LogP contribution in [0.25, 0.3) is 0 Å². The Bertz CT molecular complexity index is 352. The van der Waals surface area contributed by atoms with Gasteiger partial charge >= 0.3 is 0 Å². The van der Waals surface area contributed by atoms with Crippen molar-refractivity contribution in [3.8, 4) is 0 Å². The van der Waals surface area contributed by atoms with Gasteiger partial charge in [0.1, 0.15) is 0 Å². The average Bonchev–Trinajstić information content (AvgIpc) is 3.07. The van der Waals surface area contributed by atoms with Crippen LogP contribution in [0.4, 0.5) is 0 Å². The third-order valence-corrected chi connectivity index (χ3v) is 3.66. The number of rotatable bonds is 7. The molecule has 1 saturated carbocycles. The highest BCUT2D eigenvalue weighted by atomic mass is 15.3. The fraction of sp³-hybridized carbons (Fsp3) is 0.786. The van der Waals surface area contributed by atoms with Crippen LogP contribution in [-0.2, 0) is 13.1 Å². The quantitative estimate of drug-likeness (QED) is 0.787. The van der Waals surface area contributed by atoms with E-state index in [9.17, 15) is 0 Å². The van der Waals surface area contributed by atoms with Crippen molar-refractivity contribution in [1.82, 2.24) is 15.1 Å². The van der Waals surface area contributed by atoms with E-state index in [0.717, 1.165) is 24.7 Å². The number of hydrogen-bond acceptors (Lipinski definition) is 2. The maximum Gasteiger partial charge on any atom is 0.0597 e. The minimum Gasteiger partial charge on any atom is -0.308 e. The van der Waals surface area contributed by atoms with Crippen LogP contribution in [0.15, 0.2) is 6.07 Å². The van der Waals surface area contributed by atoms with Gasteiger partial charge < -0.3 is 5.32 Å². The van der Waals surface area contributed by atoms with Gasteiger partial charge in [-0.05, 0) is 38.7 Å². The Morgan fingerprint density at radius 1 is 1.47 bits per heavy atom. The van der Waals surface area contributed by atoms with E-state index in [0.29, 0.717) is 6.04 Å². The summed E-state index contributed by atoms with van der Waals surface area (Å²) in [6.07, 6.45) is 5.49. The van der Waals surface area contributed by atoms with Crippen LogP contribution in [0.5, 0.6) is 0 Å². The Labute approximate surface area is 105 Å². The fourth-order valence-electron chi connectivity index (χ4n) is 2.41. The molecular formula is C14H25N3. The van der Waals surface area contributed by atoms with Crippen LogP contribution in [0.1, 0.15) is 50.9 Å². The van der Waals surface area contributed by atoms with E-state index in [4.69, 9.17) is 0 Å². The second kappa shape index (κ2) is 5.67. The van der Waals surface area contributed by atoms with Crippen LogP contribution >= 0.6 is 0 Å². The molecule has 3 heteroatoms. The van der Waals surface area contributed by atoms with Gasteiger partial charge in [0.15, 0.2) is 0 Å². The molecule has 1 atom stereocenters. The van der Waals surface area contributed by atoms with Gasteiger partial charge in [-0.2, -0.15) is 5.10 Å². The molecule has 0 aliphatic heterocycles. The van der Waals surface area contributed by atoms with Crippen molar-refractivity contribution in [2.45, 2.75) is 65.6 Å². The number of hydrogen-bond donors (Lipinski definition) is 1. The standard InChI is InChI=1S/C14H25N3/c1-4-13(9-12-6-7-12)15-10-14-8-11(3)16-17(14)5-2/h8,12-13,15H,4-7,9-10H2,1-3H3. The molecule has 1 N–H and O–H groups in total. The largest absolute Gasteiger partial charge is 0.308 e. The van der Waals surface area contributed by atoms with Gasteiger partial charge in [0.2, 0.25) is 0 Å². The van der Waals surface area contributed by atoms with Gasteiger partial charge in [-0.3, -0.25) is 4.68 Å². The van der Waals surface area contributed by atoms with Crippen molar-refractivity contribution in [2.24, 2.45) is 5.92 Å². The lowest BCUT2D eigenvalue weighted by molar-refractivity contribution is 0.434. The first kappa shape index (κ1) is 12.6. The van der Waals surface area contributed by atoms with Crippen molar-refractivity contribution in [3.63, 3.8) is 0 Å². The maximum atomic E-state index is 4.48. The average molecular weight is 235 g/mol. The topological polar surface area (TPSA) is 29.9 Å². The minimum atomic E-state index is 0.683. The van der Waals surface area contributed by atoms with Gasteiger partial charge in [-0.25, -0.2) is 0 Å². The summed E-state index contributed by atoms with van der Waals surface area (Å²) >= 11 is 0. The Morgan fingerprint density at radius 2 is 2.24 bits per heavy atom. The first-order valence-electron chi connectivity index (χ1n) is 6.99. The molecule has 1 aromatic rings. The van der Waals surface area contributed by atoms with Gasteiger partial charge in [-0.15, -0.1) is 0 Å². The van der Waals surface area contributed by atoms with E-state index in [-0.39, 0.29) is 0 Å². The lowest BCUT2D eigenvalue weighted by Crippen LogP contribution is -2.29. The molecule has 0 bridgehead atoms. The van der Waals surface area contributed by atoms with Gasteiger partial charge in [0.25, 0.3) is 0 Å². The van der Waals surface area contributed by atoms with Crippen molar-refractivity contribution in [1.29, 1.82) is 0 Å². The summed E-state index contributed by atoms with van der Waals surface area (Å²) in [5, 5.41) is 8.17. The molecular weight excluding hydrogens is 210 g/mol. The predicted molar refractivity (Wildman–Crippen MR) is 70.9 cm³/mol. The zero-order valence-corrected chi connectivity index (χ0v) is 11.4. The van der Waals surface area contributed by atoms with Crippen LogP contribution in [0, 0.1) is 12.8 Å². The molecule has 3 nitrogen and oxygen atoms in total. The molecule has 1 unspecified atom stereocenters. The van der Waals surface area contributed by atoms with E-state index in [1.807, 2.05) is 0 Å². The van der Waals surface area contributed by atoms with E-state index in [1.54, 1.807) is 0 Å². The minimum absolute atomic E-state index is 0.683. The molecule has 0 saturated heterocycles. The number of aromatic nitrogens is 2. The Kier molecular flexibility index (Phi) is 4.21. The zero-order valence-electron chi connectivity index (χ0n) is 11.4. The molecule has 1 fully saturated rings. The normalized spacial score (nSPS) is 17.4. The summed E-state index contributed by atoms with van der Waals surface area (Å²) < 4.78 is 2.10. The summed E-state index contributed by atoms with van der Waals surface area (Å²) in [7, 11) is 0. The van der Waals surface area contributed by atoms with Gasteiger partial charge in [0.05, 0.1) is 11.4 Å². The summed E-state index contributed by atoms with van der Waals surface area (Å²) in [5.74, 6) is 1.00. The van der Waals surface area contributed by atoms with Gasteiger partial charge in [-0.1, -0.05) is 19.8 Å². The summed E-state index contributed by atoms with van der Waals surface area (Å²) in [5.41, 5.74) is 2.44. The van der Waals surface area contributed by atoms with Crippen LogP contribution in [0.2, 0.25) is 0 Å². The molecule has 1 heterocycles. The number of aryl methyl sites for hydroxylation is 2. The predicted octanol–water partition coefficient (Wildman–Crippen LogP) is 2.88. The van der Waals surface area contributed by atoms with E-state index < -0.39 is 0 Å². The Balaban J connectivity index is 1.85. The van der Waals surface area contributed by atoms with Crippen molar-refractivity contribution in [3.05, 3.63) is 17.5 Å². The molecule has 0 aromatic carbocycles. The van der Waals surface area contributed by atoms with E-state index in [2.05, 4.69) is 41.9 Å². The van der Waals surface area contributed by atoms with Crippen LogP contribution < -0.4 is 5.32 Å². The second-order valence-corrected chi connectivity index (χ2v) is 5.26. The second-order valence-electron chi connectivity index (χ2n) is 5.26. The third kappa shape index (κ3) is 3.56. The van der Waals surface area contributed by atoms with Crippen molar-refractivity contribution in [2.75, 3.05) is 0 Å². The fourth-order valence-corrected chi connectivity index (χ4v) is 2.41. The van der Waals surface area contributed by atoms with Crippen molar-refractivity contribution >= 4 is 0 Å². The third-order valence-electron chi connectivity index (χ3n) is 3.66. The molecule has 0 radical (unpaired) electrons. The summed E-state index contributed by atoms with van der Waals surface area (Å²) in [4.78, 5) is 0. The Hall–Kier alpha value is -0.830. The first-order valence-corrected chi connectivity index (χ1v) is 6.99. The van der Waals surface area contributed by atoms with E-state index >= 15 is 0 Å². The monoisotopic (exact) mass is 235 g/mol. The molecule has 1 aliphatic rings. The number of nitrogens with zero attached hydrogens (tertiary/aromatic N) is 2.